The third-order valence-electron chi connectivity index (χ3n) is 3.05. The first-order valence-corrected chi connectivity index (χ1v) is 7.41. The number of phenolic OH excluding ortho intramolecular Hbond substituents is 1. The fraction of sp³-hybridized carbons (Fsp3) is 0.333. The van der Waals surface area contributed by atoms with Crippen LogP contribution in [0.4, 0.5) is 11.6 Å². The standard InChI is InChI=1S/C15H18BrN3O2/c1-5-19(15-17-9(2)6-10(3)18-15)14-12(16)7-11(21-4)8-13(14)20/h6-8,20H,5H2,1-4H3. The molecular weight excluding hydrogens is 334 g/mol. The molecule has 0 saturated carbocycles. The fourth-order valence-electron chi connectivity index (χ4n) is 2.17. The van der Waals surface area contributed by atoms with E-state index in [1.165, 1.54) is 0 Å². The summed E-state index contributed by atoms with van der Waals surface area (Å²) in [5, 5.41) is 10.3. The largest absolute Gasteiger partial charge is 0.506 e. The highest BCUT2D eigenvalue weighted by atomic mass is 79.9. The summed E-state index contributed by atoms with van der Waals surface area (Å²) in [6, 6.07) is 5.30. The molecule has 0 bridgehead atoms. The third kappa shape index (κ3) is 3.26. The van der Waals surface area contributed by atoms with Gasteiger partial charge in [0.1, 0.15) is 17.2 Å². The van der Waals surface area contributed by atoms with E-state index in [9.17, 15) is 5.11 Å². The van der Waals surface area contributed by atoms with Crippen molar-refractivity contribution in [3.8, 4) is 11.5 Å². The molecule has 21 heavy (non-hydrogen) atoms. The average Bonchev–Trinajstić information content (AvgIpc) is 2.41. The fourth-order valence-corrected chi connectivity index (χ4v) is 2.82. The zero-order valence-corrected chi connectivity index (χ0v) is 14.1. The smallest absolute Gasteiger partial charge is 0.230 e. The van der Waals surface area contributed by atoms with Crippen LogP contribution in [0.15, 0.2) is 22.7 Å². The lowest BCUT2D eigenvalue weighted by Crippen LogP contribution is -2.20. The van der Waals surface area contributed by atoms with Gasteiger partial charge in [-0.15, -0.1) is 0 Å². The third-order valence-corrected chi connectivity index (χ3v) is 3.66. The lowest BCUT2D eigenvalue weighted by atomic mass is 10.2. The quantitative estimate of drug-likeness (QED) is 0.909. The molecule has 0 spiro atoms. The Morgan fingerprint density at radius 1 is 1.19 bits per heavy atom. The molecule has 0 unspecified atom stereocenters. The molecule has 1 heterocycles. The predicted octanol–water partition coefficient (Wildman–Crippen LogP) is 3.73. The number of halogens is 1. The molecule has 0 aliphatic heterocycles. The van der Waals surface area contributed by atoms with E-state index in [0.29, 0.717) is 23.9 Å². The molecule has 2 aromatic rings. The van der Waals surface area contributed by atoms with Crippen molar-refractivity contribution < 1.29 is 9.84 Å². The molecule has 0 saturated heterocycles. The Morgan fingerprint density at radius 3 is 2.29 bits per heavy atom. The molecule has 0 aliphatic rings. The molecule has 0 radical (unpaired) electrons. The normalized spacial score (nSPS) is 10.5. The molecule has 1 aromatic heterocycles. The summed E-state index contributed by atoms with van der Waals surface area (Å²) in [5.74, 6) is 1.27. The predicted molar refractivity (Wildman–Crippen MR) is 86.5 cm³/mol. The zero-order chi connectivity index (χ0) is 15.6. The summed E-state index contributed by atoms with van der Waals surface area (Å²) in [6.45, 7) is 6.46. The van der Waals surface area contributed by atoms with Crippen LogP contribution in [-0.4, -0.2) is 28.7 Å². The maximum atomic E-state index is 10.3. The van der Waals surface area contributed by atoms with Gasteiger partial charge in [-0.25, -0.2) is 9.97 Å². The summed E-state index contributed by atoms with van der Waals surface area (Å²) in [4.78, 5) is 10.8. The van der Waals surface area contributed by atoms with Crippen molar-refractivity contribution in [3.63, 3.8) is 0 Å². The molecule has 6 heteroatoms. The van der Waals surface area contributed by atoms with Gasteiger partial charge in [0.15, 0.2) is 0 Å². The number of nitrogens with zero attached hydrogens (tertiary/aromatic N) is 3. The number of rotatable bonds is 4. The number of hydrogen-bond donors (Lipinski definition) is 1. The monoisotopic (exact) mass is 351 g/mol. The Kier molecular flexibility index (Phi) is 4.67. The van der Waals surface area contributed by atoms with Crippen LogP contribution in [0.1, 0.15) is 18.3 Å². The van der Waals surface area contributed by atoms with E-state index in [1.54, 1.807) is 19.2 Å². The number of hydrogen-bond acceptors (Lipinski definition) is 5. The maximum absolute atomic E-state index is 10.3. The van der Waals surface area contributed by atoms with E-state index in [1.807, 2.05) is 31.7 Å². The highest BCUT2D eigenvalue weighted by Crippen LogP contribution is 2.41. The minimum atomic E-state index is 0.117. The molecule has 1 aromatic carbocycles. The summed E-state index contributed by atoms with van der Waals surface area (Å²) >= 11 is 3.48. The van der Waals surface area contributed by atoms with E-state index in [4.69, 9.17) is 4.74 Å². The van der Waals surface area contributed by atoms with Crippen molar-refractivity contribution in [2.75, 3.05) is 18.6 Å². The zero-order valence-electron chi connectivity index (χ0n) is 12.5. The van der Waals surface area contributed by atoms with Gasteiger partial charge < -0.3 is 14.7 Å². The van der Waals surface area contributed by atoms with Crippen molar-refractivity contribution in [1.29, 1.82) is 0 Å². The summed E-state index contributed by atoms with van der Waals surface area (Å²) in [7, 11) is 1.56. The Labute approximate surface area is 132 Å². The van der Waals surface area contributed by atoms with Crippen LogP contribution in [0.3, 0.4) is 0 Å². The SMILES string of the molecule is CCN(c1nc(C)cc(C)n1)c1c(O)cc(OC)cc1Br. The van der Waals surface area contributed by atoms with Crippen LogP contribution >= 0.6 is 15.9 Å². The highest BCUT2D eigenvalue weighted by molar-refractivity contribution is 9.10. The Morgan fingerprint density at radius 2 is 1.81 bits per heavy atom. The van der Waals surface area contributed by atoms with Crippen LogP contribution in [0.2, 0.25) is 0 Å². The molecule has 0 amide bonds. The molecule has 112 valence electrons. The second-order valence-electron chi connectivity index (χ2n) is 4.67. The number of benzene rings is 1. The van der Waals surface area contributed by atoms with Crippen molar-refractivity contribution in [1.82, 2.24) is 9.97 Å². The first-order valence-electron chi connectivity index (χ1n) is 6.62. The Balaban J connectivity index is 2.56. The van der Waals surface area contributed by atoms with Crippen LogP contribution in [0, 0.1) is 13.8 Å². The van der Waals surface area contributed by atoms with E-state index in [0.717, 1.165) is 15.9 Å². The molecule has 0 fully saturated rings. The molecule has 1 N–H and O–H groups in total. The van der Waals surface area contributed by atoms with E-state index in [-0.39, 0.29) is 5.75 Å². The van der Waals surface area contributed by atoms with Gasteiger partial charge in [0.25, 0.3) is 0 Å². The Bertz CT molecular complexity index is 618. The number of anilines is 2. The number of phenols is 1. The van der Waals surface area contributed by atoms with Crippen molar-refractivity contribution >= 4 is 27.6 Å². The van der Waals surface area contributed by atoms with Crippen LogP contribution in [0.5, 0.6) is 11.5 Å². The van der Waals surface area contributed by atoms with Crippen molar-refractivity contribution in [2.24, 2.45) is 0 Å². The summed E-state index contributed by atoms with van der Waals surface area (Å²) in [5.41, 5.74) is 2.41. The van der Waals surface area contributed by atoms with Gasteiger partial charge in [-0.3, -0.25) is 0 Å². The number of aromatic hydroxyl groups is 1. The van der Waals surface area contributed by atoms with Crippen LogP contribution < -0.4 is 9.64 Å². The lowest BCUT2D eigenvalue weighted by Gasteiger charge is -2.24. The van der Waals surface area contributed by atoms with E-state index >= 15 is 0 Å². The minimum absolute atomic E-state index is 0.117. The Hall–Kier alpha value is -1.82. The number of ether oxygens (including phenoxy) is 1. The van der Waals surface area contributed by atoms with Crippen LogP contribution in [-0.2, 0) is 0 Å². The second kappa shape index (κ2) is 6.30. The first-order chi connectivity index (χ1) is 9.96. The van der Waals surface area contributed by atoms with E-state index in [2.05, 4.69) is 25.9 Å². The van der Waals surface area contributed by atoms with Gasteiger partial charge in [-0.2, -0.15) is 0 Å². The number of aromatic nitrogens is 2. The van der Waals surface area contributed by atoms with Gasteiger partial charge in [0, 0.05) is 28.5 Å². The second-order valence-corrected chi connectivity index (χ2v) is 5.53. The maximum Gasteiger partial charge on any atom is 0.230 e. The lowest BCUT2D eigenvalue weighted by molar-refractivity contribution is 0.407. The molecule has 5 nitrogen and oxygen atoms in total. The first kappa shape index (κ1) is 15.6. The molecule has 2 rings (SSSR count). The summed E-state index contributed by atoms with van der Waals surface area (Å²) in [6.07, 6.45) is 0. The van der Waals surface area contributed by atoms with Gasteiger partial charge in [0.05, 0.1) is 7.11 Å². The molecule has 0 atom stereocenters. The molecular formula is C15H18BrN3O2. The van der Waals surface area contributed by atoms with Gasteiger partial charge in [-0.1, -0.05) is 0 Å². The average molecular weight is 352 g/mol. The topological polar surface area (TPSA) is 58.5 Å². The van der Waals surface area contributed by atoms with Crippen molar-refractivity contribution in [2.45, 2.75) is 20.8 Å². The van der Waals surface area contributed by atoms with E-state index < -0.39 is 0 Å². The molecule has 0 aliphatic carbocycles. The van der Waals surface area contributed by atoms with Gasteiger partial charge in [-0.05, 0) is 48.8 Å². The number of aryl methyl sites for hydroxylation is 2. The van der Waals surface area contributed by atoms with Gasteiger partial charge >= 0.3 is 0 Å². The number of methoxy groups -OCH3 is 1. The minimum Gasteiger partial charge on any atom is -0.506 e. The summed E-state index contributed by atoms with van der Waals surface area (Å²) < 4.78 is 5.87. The van der Waals surface area contributed by atoms with Gasteiger partial charge in [0.2, 0.25) is 5.95 Å². The van der Waals surface area contributed by atoms with Crippen LogP contribution in [0.25, 0.3) is 0 Å². The van der Waals surface area contributed by atoms with Crippen molar-refractivity contribution in [3.05, 3.63) is 34.1 Å². The highest BCUT2D eigenvalue weighted by Gasteiger charge is 2.19.